The Hall–Kier alpha value is -2.81. The van der Waals surface area contributed by atoms with E-state index in [1.54, 1.807) is 0 Å². The highest BCUT2D eigenvalue weighted by atomic mass is 16.3. The molecule has 6 nitrogen and oxygen atoms in total. The summed E-state index contributed by atoms with van der Waals surface area (Å²) in [6.07, 6.45) is 6.53. The van der Waals surface area contributed by atoms with Crippen molar-refractivity contribution in [2.45, 2.75) is 44.4 Å². The maximum Gasteiger partial charge on any atom is 0.165 e. The van der Waals surface area contributed by atoms with Crippen molar-refractivity contribution in [2.24, 2.45) is 0 Å². The van der Waals surface area contributed by atoms with Gasteiger partial charge in [-0.05, 0) is 31.0 Å². The van der Waals surface area contributed by atoms with Crippen molar-refractivity contribution < 1.29 is 10.2 Å². The molecule has 4 N–H and O–H groups in total. The summed E-state index contributed by atoms with van der Waals surface area (Å²) >= 11 is 0. The van der Waals surface area contributed by atoms with Gasteiger partial charge in [-0.25, -0.2) is 9.97 Å². The van der Waals surface area contributed by atoms with Gasteiger partial charge in [0, 0.05) is 5.92 Å². The van der Waals surface area contributed by atoms with E-state index >= 15 is 0 Å². The molecule has 1 aromatic carbocycles. The van der Waals surface area contributed by atoms with E-state index in [0.717, 1.165) is 25.7 Å². The zero-order chi connectivity index (χ0) is 17.1. The van der Waals surface area contributed by atoms with Crippen LogP contribution in [0.4, 0.5) is 5.82 Å². The van der Waals surface area contributed by atoms with Crippen LogP contribution < -0.4 is 5.73 Å². The second-order valence-corrected chi connectivity index (χ2v) is 6.19. The third-order valence-electron chi connectivity index (χ3n) is 4.54. The van der Waals surface area contributed by atoms with Gasteiger partial charge in [0.1, 0.15) is 28.9 Å². The van der Waals surface area contributed by atoms with E-state index in [-0.39, 0.29) is 29.1 Å². The SMILES string of the molecule is N#Cc1c(N)nc(-c2cc(O)ccc2O)nc1C1CCCCCC1. The van der Waals surface area contributed by atoms with Crippen molar-refractivity contribution in [1.82, 2.24) is 9.97 Å². The van der Waals surface area contributed by atoms with E-state index in [1.807, 2.05) is 0 Å². The molecular formula is C18H20N4O2. The number of hydrogen-bond donors (Lipinski definition) is 3. The largest absolute Gasteiger partial charge is 0.508 e. The summed E-state index contributed by atoms with van der Waals surface area (Å²) < 4.78 is 0. The predicted molar refractivity (Wildman–Crippen MR) is 90.4 cm³/mol. The average molecular weight is 324 g/mol. The fraction of sp³-hybridized carbons (Fsp3) is 0.389. The van der Waals surface area contributed by atoms with Gasteiger partial charge in [-0.3, -0.25) is 0 Å². The summed E-state index contributed by atoms with van der Waals surface area (Å²) in [6.45, 7) is 0. The van der Waals surface area contributed by atoms with Crippen LogP contribution in [0.5, 0.6) is 11.5 Å². The first-order valence-electron chi connectivity index (χ1n) is 8.20. The molecule has 1 saturated carbocycles. The Balaban J connectivity index is 2.12. The smallest absolute Gasteiger partial charge is 0.165 e. The molecule has 24 heavy (non-hydrogen) atoms. The van der Waals surface area contributed by atoms with Gasteiger partial charge in [-0.1, -0.05) is 25.7 Å². The minimum absolute atomic E-state index is 0.00495. The third kappa shape index (κ3) is 3.11. The highest BCUT2D eigenvalue weighted by molar-refractivity contribution is 5.68. The molecule has 2 aromatic rings. The Bertz CT molecular complexity index is 790. The fourth-order valence-electron chi connectivity index (χ4n) is 3.28. The van der Waals surface area contributed by atoms with Crippen molar-refractivity contribution in [3.8, 4) is 29.0 Å². The number of benzene rings is 1. The van der Waals surface area contributed by atoms with Crippen LogP contribution in [-0.4, -0.2) is 20.2 Å². The summed E-state index contributed by atoms with van der Waals surface area (Å²) in [5, 5.41) is 29.2. The van der Waals surface area contributed by atoms with Crippen LogP contribution in [0.25, 0.3) is 11.4 Å². The first-order chi connectivity index (χ1) is 11.6. The van der Waals surface area contributed by atoms with Gasteiger partial charge >= 0.3 is 0 Å². The zero-order valence-electron chi connectivity index (χ0n) is 13.4. The lowest BCUT2D eigenvalue weighted by Crippen LogP contribution is -2.10. The van der Waals surface area contributed by atoms with Gasteiger partial charge in [0.15, 0.2) is 5.82 Å². The molecule has 0 bridgehead atoms. The van der Waals surface area contributed by atoms with Crippen LogP contribution in [0.2, 0.25) is 0 Å². The normalized spacial score (nSPS) is 15.6. The molecule has 124 valence electrons. The first kappa shape index (κ1) is 16.1. The number of hydrogen-bond acceptors (Lipinski definition) is 6. The molecule has 0 saturated heterocycles. The Labute approximate surface area is 140 Å². The number of aromatic nitrogens is 2. The van der Waals surface area contributed by atoms with Crippen molar-refractivity contribution >= 4 is 5.82 Å². The predicted octanol–water partition coefficient (Wildman–Crippen LogP) is 3.45. The summed E-state index contributed by atoms with van der Waals surface area (Å²) in [5.74, 6) is 0.489. The first-order valence-corrected chi connectivity index (χ1v) is 8.20. The fourth-order valence-corrected chi connectivity index (χ4v) is 3.28. The number of anilines is 1. The molecule has 0 aliphatic heterocycles. The molecule has 1 aliphatic rings. The highest BCUT2D eigenvalue weighted by Gasteiger charge is 2.23. The van der Waals surface area contributed by atoms with E-state index in [9.17, 15) is 15.5 Å². The second-order valence-electron chi connectivity index (χ2n) is 6.19. The molecule has 1 fully saturated rings. The van der Waals surface area contributed by atoms with E-state index in [1.165, 1.54) is 31.0 Å². The standard InChI is InChI=1S/C18H20N4O2/c19-10-14-16(11-5-3-1-2-4-6-11)21-18(22-17(14)20)13-9-12(23)7-8-15(13)24/h7-9,11,23-24H,1-6H2,(H2,20,21,22). The van der Waals surface area contributed by atoms with E-state index < -0.39 is 0 Å². The topological polar surface area (TPSA) is 116 Å². The molecule has 0 spiro atoms. The minimum Gasteiger partial charge on any atom is -0.508 e. The number of nitrogens with zero attached hydrogens (tertiary/aromatic N) is 3. The van der Waals surface area contributed by atoms with Crippen molar-refractivity contribution in [1.29, 1.82) is 5.26 Å². The molecular weight excluding hydrogens is 304 g/mol. The maximum absolute atomic E-state index is 10.1. The van der Waals surface area contributed by atoms with Crippen LogP contribution in [-0.2, 0) is 0 Å². The second kappa shape index (κ2) is 6.75. The molecule has 3 rings (SSSR count). The van der Waals surface area contributed by atoms with Gasteiger partial charge in [-0.15, -0.1) is 0 Å². The number of aromatic hydroxyl groups is 2. The number of phenolic OH excluding ortho intramolecular Hbond substituents is 2. The number of nitriles is 1. The van der Waals surface area contributed by atoms with Gasteiger partial charge in [0.05, 0.1) is 11.3 Å². The maximum atomic E-state index is 10.1. The zero-order valence-corrected chi connectivity index (χ0v) is 13.4. The van der Waals surface area contributed by atoms with Gasteiger partial charge in [0.2, 0.25) is 0 Å². The summed E-state index contributed by atoms with van der Waals surface area (Å²) in [6, 6.07) is 6.29. The van der Waals surface area contributed by atoms with Crippen molar-refractivity contribution in [3.05, 3.63) is 29.5 Å². The average Bonchev–Trinajstić information content (AvgIpc) is 2.85. The van der Waals surface area contributed by atoms with E-state index in [0.29, 0.717) is 16.8 Å². The number of nitrogen functional groups attached to an aromatic ring is 1. The lowest BCUT2D eigenvalue weighted by atomic mass is 9.93. The van der Waals surface area contributed by atoms with E-state index in [4.69, 9.17) is 5.73 Å². The highest BCUT2D eigenvalue weighted by Crippen LogP contribution is 2.36. The Morgan fingerprint density at radius 1 is 1.08 bits per heavy atom. The molecule has 6 heteroatoms. The van der Waals surface area contributed by atoms with Gasteiger partial charge in [0.25, 0.3) is 0 Å². The lowest BCUT2D eigenvalue weighted by molar-refractivity contribution is 0.461. The van der Waals surface area contributed by atoms with Crippen LogP contribution in [0.3, 0.4) is 0 Å². The van der Waals surface area contributed by atoms with Crippen LogP contribution >= 0.6 is 0 Å². The molecule has 0 amide bonds. The van der Waals surface area contributed by atoms with Gasteiger partial charge < -0.3 is 15.9 Å². The molecule has 1 aromatic heterocycles. The van der Waals surface area contributed by atoms with Crippen LogP contribution in [0, 0.1) is 11.3 Å². The Morgan fingerprint density at radius 3 is 2.46 bits per heavy atom. The van der Waals surface area contributed by atoms with Crippen LogP contribution in [0.1, 0.15) is 55.7 Å². The summed E-state index contributed by atoms with van der Waals surface area (Å²) in [4.78, 5) is 8.73. The summed E-state index contributed by atoms with van der Waals surface area (Å²) in [5.41, 5.74) is 7.27. The number of rotatable bonds is 2. The van der Waals surface area contributed by atoms with Crippen LogP contribution in [0.15, 0.2) is 18.2 Å². The quantitative estimate of drug-likeness (QED) is 0.575. The molecule has 0 atom stereocenters. The van der Waals surface area contributed by atoms with E-state index in [2.05, 4.69) is 16.0 Å². The summed E-state index contributed by atoms with van der Waals surface area (Å²) in [7, 11) is 0. The van der Waals surface area contributed by atoms with Crippen molar-refractivity contribution in [3.63, 3.8) is 0 Å². The van der Waals surface area contributed by atoms with Crippen molar-refractivity contribution in [2.75, 3.05) is 5.73 Å². The number of nitrogens with two attached hydrogens (primary N) is 1. The Morgan fingerprint density at radius 2 is 1.79 bits per heavy atom. The molecule has 1 heterocycles. The van der Waals surface area contributed by atoms with Gasteiger partial charge in [-0.2, -0.15) is 5.26 Å². The minimum atomic E-state index is -0.0382. The molecule has 1 aliphatic carbocycles. The number of phenols is 2. The molecule has 0 unspecified atom stereocenters. The monoisotopic (exact) mass is 324 g/mol. The molecule has 0 radical (unpaired) electrons. The Kier molecular flexibility index (Phi) is 4.52. The third-order valence-corrected chi connectivity index (χ3v) is 4.54. The lowest BCUT2D eigenvalue weighted by Gasteiger charge is -2.17.